The molecule has 2 amide bonds. The number of hydrogen-bond donors (Lipinski definition) is 2. The molecule has 0 saturated heterocycles. The summed E-state index contributed by atoms with van der Waals surface area (Å²) in [5, 5.41) is 11.9. The highest BCUT2D eigenvalue weighted by molar-refractivity contribution is 7.99. The Hall–Kier alpha value is -3.20. The Morgan fingerprint density at radius 1 is 1.11 bits per heavy atom. The molecule has 0 fully saturated rings. The summed E-state index contributed by atoms with van der Waals surface area (Å²) in [6.45, 7) is 2.68. The van der Waals surface area contributed by atoms with Gasteiger partial charge in [0.1, 0.15) is 0 Å². The van der Waals surface area contributed by atoms with E-state index in [4.69, 9.17) is 5.73 Å². The average molecular weight is 382 g/mol. The molecule has 2 aromatic heterocycles. The van der Waals surface area contributed by atoms with E-state index in [1.807, 2.05) is 23.6 Å². The number of rotatable bonds is 7. The van der Waals surface area contributed by atoms with E-state index in [2.05, 4.69) is 20.5 Å². The summed E-state index contributed by atoms with van der Waals surface area (Å²) < 4.78 is 1.95. The van der Waals surface area contributed by atoms with Gasteiger partial charge in [0.05, 0.1) is 5.75 Å². The van der Waals surface area contributed by atoms with Crippen LogP contribution < -0.4 is 11.1 Å². The summed E-state index contributed by atoms with van der Waals surface area (Å²) in [4.78, 5) is 27.3. The predicted molar refractivity (Wildman–Crippen MR) is 103 cm³/mol. The molecule has 9 heteroatoms. The number of nitrogens with zero attached hydrogens (tertiary/aromatic N) is 4. The maximum Gasteiger partial charge on any atom is 0.248 e. The zero-order valence-electron chi connectivity index (χ0n) is 14.6. The van der Waals surface area contributed by atoms with Crippen LogP contribution in [0.1, 0.15) is 17.3 Å². The molecule has 8 nitrogen and oxygen atoms in total. The molecule has 138 valence electrons. The van der Waals surface area contributed by atoms with Gasteiger partial charge in [-0.25, -0.2) is 0 Å². The van der Waals surface area contributed by atoms with E-state index in [0.717, 1.165) is 11.4 Å². The fraction of sp³-hybridized carbons (Fsp3) is 0.167. The third-order valence-corrected chi connectivity index (χ3v) is 4.72. The van der Waals surface area contributed by atoms with Gasteiger partial charge in [-0.15, -0.1) is 10.2 Å². The smallest absolute Gasteiger partial charge is 0.248 e. The molecule has 3 aromatic rings. The summed E-state index contributed by atoms with van der Waals surface area (Å²) in [7, 11) is 0. The third-order valence-electron chi connectivity index (χ3n) is 3.76. The number of pyridine rings is 1. The lowest BCUT2D eigenvalue weighted by molar-refractivity contribution is -0.113. The van der Waals surface area contributed by atoms with Crippen LogP contribution in [0.5, 0.6) is 0 Å². The van der Waals surface area contributed by atoms with Crippen molar-refractivity contribution < 1.29 is 9.59 Å². The zero-order chi connectivity index (χ0) is 19.2. The number of carbonyl (C=O) groups excluding carboxylic acids is 2. The van der Waals surface area contributed by atoms with Crippen molar-refractivity contribution in [2.75, 3.05) is 11.1 Å². The minimum atomic E-state index is -0.507. The minimum absolute atomic E-state index is 0.178. The van der Waals surface area contributed by atoms with Crippen molar-refractivity contribution >= 4 is 29.3 Å². The molecule has 27 heavy (non-hydrogen) atoms. The lowest BCUT2D eigenvalue weighted by Crippen LogP contribution is -2.15. The fourth-order valence-corrected chi connectivity index (χ4v) is 3.24. The van der Waals surface area contributed by atoms with Crippen LogP contribution >= 0.6 is 11.8 Å². The Morgan fingerprint density at radius 2 is 1.81 bits per heavy atom. The second-order valence-corrected chi connectivity index (χ2v) is 6.51. The monoisotopic (exact) mass is 382 g/mol. The Kier molecular flexibility index (Phi) is 5.82. The number of nitrogens with two attached hydrogens (primary N) is 1. The van der Waals surface area contributed by atoms with Crippen molar-refractivity contribution in [1.29, 1.82) is 0 Å². The average Bonchev–Trinajstić information content (AvgIpc) is 3.10. The van der Waals surface area contributed by atoms with Gasteiger partial charge in [0.25, 0.3) is 0 Å². The number of primary amides is 1. The number of amides is 2. The Balaban J connectivity index is 1.63. The number of carbonyl (C=O) groups is 2. The Morgan fingerprint density at radius 3 is 2.44 bits per heavy atom. The standard InChI is InChI=1S/C18H18N6O2S/c1-2-24-17(13-7-9-20-10-8-13)22-23-18(24)27-11-15(25)21-14-5-3-12(4-6-14)16(19)26/h3-10H,2,11H2,1H3,(H2,19,26)(H,21,25). The maximum absolute atomic E-state index is 12.2. The summed E-state index contributed by atoms with van der Waals surface area (Å²) in [5.74, 6) is 0.242. The van der Waals surface area contributed by atoms with Gasteiger partial charge < -0.3 is 15.6 Å². The van der Waals surface area contributed by atoms with Crippen molar-refractivity contribution in [2.45, 2.75) is 18.6 Å². The highest BCUT2D eigenvalue weighted by Crippen LogP contribution is 2.23. The van der Waals surface area contributed by atoms with E-state index < -0.39 is 5.91 Å². The van der Waals surface area contributed by atoms with E-state index >= 15 is 0 Å². The molecular formula is C18H18N6O2S. The number of nitrogens with one attached hydrogen (secondary N) is 1. The Labute approximate surface area is 160 Å². The summed E-state index contributed by atoms with van der Waals surface area (Å²) >= 11 is 1.31. The van der Waals surface area contributed by atoms with Crippen LogP contribution in [0.15, 0.2) is 53.9 Å². The third kappa shape index (κ3) is 4.50. The molecule has 0 aliphatic carbocycles. The highest BCUT2D eigenvalue weighted by atomic mass is 32.2. The molecule has 0 aliphatic rings. The molecule has 0 unspecified atom stereocenters. The number of anilines is 1. The van der Waals surface area contributed by atoms with Crippen molar-refractivity contribution in [3.8, 4) is 11.4 Å². The molecule has 0 spiro atoms. The van der Waals surface area contributed by atoms with Crippen LogP contribution in [-0.2, 0) is 11.3 Å². The molecular weight excluding hydrogens is 364 g/mol. The van der Waals surface area contributed by atoms with Gasteiger partial charge >= 0.3 is 0 Å². The van der Waals surface area contributed by atoms with Gasteiger partial charge in [0.15, 0.2) is 11.0 Å². The second kappa shape index (κ2) is 8.45. The van der Waals surface area contributed by atoms with Crippen LogP contribution in [0.4, 0.5) is 5.69 Å². The predicted octanol–water partition coefficient (Wildman–Crippen LogP) is 2.19. The van der Waals surface area contributed by atoms with E-state index in [1.54, 1.807) is 36.7 Å². The summed E-state index contributed by atoms with van der Waals surface area (Å²) in [6.07, 6.45) is 3.40. The topological polar surface area (TPSA) is 116 Å². The molecule has 3 rings (SSSR count). The number of benzene rings is 1. The maximum atomic E-state index is 12.2. The van der Waals surface area contributed by atoms with Crippen LogP contribution in [0.2, 0.25) is 0 Å². The largest absolute Gasteiger partial charge is 0.366 e. The van der Waals surface area contributed by atoms with Crippen LogP contribution in [0.25, 0.3) is 11.4 Å². The molecule has 2 heterocycles. The van der Waals surface area contributed by atoms with Crippen molar-refractivity contribution in [3.05, 3.63) is 54.4 Å². The molecule has 0 atom stereocenters. The lowest BCUT2D eigenvalue weighted by atomic mass is 10.2. The van der Waals surface area contributed by atoms with Gasteiger partial charge in [-0.2, -0.15) is 0 Å². The number of aromatic nitrogens is 4. The lowest BCUT2D eigenvalue weighted by Gasteiger charge is -2.08. The fourth-order valence-electron chi connectivity index (χ4n) is 2.44. The van der Waals surface area contributed by atoms with Gasteiger partial charge in [-0.3, -0.25) is 14.6 Å². The molecule has 3 N–H and O–H groups in total. The first-order valence-electron chi connectivity index (χ1n) is 8.24. The normalized spacial score (nSPS) is 10.6. The van der Waals surface area contributed by atoms with Crippen LogP contribution in [0.3, 0.4) is 0 Å². The molecule has 0 saturated carbocycles. The quantitative estimate of drug-likeness (QED) is 0.605. The van der Waals surface area contributed by atoms with E-state index in [9.17, 15) is 9.59 Å². The Bertz CT molecular complexity index is 940. The van der Waals surface area contributed by atoms with E-state index in [-0.39, 0.29) is 11.7 Å². The van der Waals surface area contributed by atoms with Crippen molar-refractivity contribution in [2.24, 2.45) is 5.73 Å². The van der Waals surface area contributed by atoms with Gasteiger partial charge in [0.2, 0.25) is 11.8 Å². The first-order valence-corrected chi connectivity index (χ1v) is 9.23. The zero-order valence-corrected chi connectivity index (χ0v) is 15.4. The van der Waals surface area contributed by atoms with Crippen molar-refractivity contribution in [1.82, 2.24) is 19.7 Å². The molecule has 0 bridgehead atoms. The van der Waals surface area contributed by atoms with Gasteiger partial charge in [-0.05, 0) is 43.3 Å². The summed E-state index contributed by atoms with van der Waals surface area (Å²) in [5.41, 5.74) is 7.11. The van der Waals surface area contributed by atoms with E-state index in [0.29, 0.717) is 23.0 Å². The molecule has 1 aromatic carbocycles. The summed E-state index contributed by atoms with van der Waals surface area (Å²) in [6, 6.07) is 10.2. The minimum Gasteiger partial charge on any atom is -0.366 e. The van der Waals surface area contributed by atoms with Crippen molar-refractivity contribution in [3.63, 3.8) is 0 Å². The van der Waals surface area contributed by atoms with E-state index in [1.165, 1.54) is 11.8 Å². The highest BCUT2D eigenvalue weighted by Gasteiger charge is 2.14. The second-order valence-electron chi connectivity index (χ2n) is 5.56. The van der Waals surface area contributed by atoms with Crippen LogP contribution in [-0.4, -0.2) is 37.3 Å². The van der Waals surface area contributed by atoms with Gasteiger partial charge in [-0.1, -0.05) is 11.8 Å². The molecule has 0 radical (unpaired) electrons. The van der Waals surface area contributed by atoms with Crippen LogP contribution in [0, 0.1) is 0 Å². The first-order chi connectivity index (χ1) is 13.1. The van der Waals surface area contributed by atoms with Gasteiger partial charge in [0, 0.05) is 35.8 Å². The number of hydrogen-bond acceptors (Lipinski definition) is 6. The first kappa shape index (κ1) is 18.6. The molecule has 0 aliphatic heterocycles. The SMILES string of the molecule is CCn1c(SCC(=O)Nc2ccc(C(N)=O)cc2)nnc1-c1ccncc1. The number of thioether (sulfide) groups is 1.